The summed E-state index contributed by atoms with van der Waals surface area (Å²) in [6.07, 6.45) is 3.54. The molecule has 0 N–H and O–H groups in total. The highest BCUT2D eigenvalue weighted by molar-refractivity contribution is 9.08. The molecule has 0 aliphatic heterocycles. The van der Waals surface area contributed by atoms with Crippen LogP contribution in [-0.4, -0.2) is 20.0 Å². The van der Waals surface area contributed by atoms with E-state index in [1.54, 1.807) is 10.9 Å². The molecule has 1 aromatic carbocycles. The molecule has 0 saturated carbocycles. The lowest BCUT2D eigenvalue weighted by Crippen LogP contribution is -2.00. The molecule has 102 valence electrons. The number of oxazole rings is 1. The molecular formula is C14H13BrN4O. The van der Waals surface area contributed by atoms with E-state index in [0.717, 1.165) is 17.0 Å². The molecule has 0 aliphatic carbocycles. The maximum Gasteiger partial charge on any atom is 0.226 e. The number of aromatic nitrogens is 4. The van der Waals surface area contributed by atoms with Crippen LogP contribution in [0.4, 0.5) is 0 Å². The Morgan fingerprint density at radius 3 is 2.70 bits per heavy atom. The van der Waals surface area contributed by atoms with Gasteiger partial charge in [-0.05, 0) is 19.1 Å². The highest BCUT2D eigenvalue weighted by Gasteiger charge is 2.08. The van der Waals surface area contributed by atoms with Crippen molar-refractivity contribution in [1.82, 2.24) is 20.0 Å². The van der Waals surface area contributed by atoms with E-state index in [9.17, 15) is 0 Å². The lowest BCUT2D eigenvalue weighted by atomic mass is 10.1. The van der Waals surface area contributed by atoms with Gasteiger partial charge < -0.3 is 4.42 Å². The number of nitrogens with zero attached hydrogens (tertiary/aromatic N) is 4. The SMILES string of the molecule is Cc1ccc(-c2nc(Cn3cc(CBr)nn3)co2)cc1. The summed E-state index contributed by atoms with van der Waals surface area (Å²) in [4.78, 5) is 4.47. The molecule has 0 aliphatic rings. The number of benzene rings is 1. The van der Waals surface area contributed by atoms with Crippen LogP contribution in [0.5, 0.6) is 0 Å². The van der Waals surface area contributed by atoms with E-state index >= 15 is 0 Å². The van der Waals surface area contributed by atoms with Crippen molar-refractivity contribution >= 4 is 15.9 Å². The minimum absolute atomic E-state index is 0.551. The Morgan fingerprint density at radius 1 is 1.20 bits per heavy atom. The summed E-state index contributed by atoms with van der Waals surface area (Å²) in [6.45, 7) is 2.60. The van der Waals surface area contributed by atoms with Gasteiger partial charge in [-0.25, -0.2) is 9.67 Å². The number of rotatable bonds is 4. The summed E-state index contributed by atoms with van der Waals surface area (Å²) in [6, 6.07) is 8.09. The summed E-state index contributed by atoms with van der Waals surface area (Å²) >= 11 is 3.35. The third-order valence-electron chi connectivity index (χ3n) is 2.90. The summed E-state index contributed by atoms with van der Waals surface area (Å²) in [5.74, 6) is 0.626. The van der Waals surface area contributed by atoms with E-state index in [4.69, 9.17) is 4.42 Å². The van der Waals surface area contributed by atoms with Crippen LogP contribution in [0.1, 0.15) is 17.0 Å². The fraction of sp³-hybridized carbons (Fsp3) is 0.214. The van der Waals surface area contributed by atoms with Crippen LogP contribution >= 0.6 is 15.9 Å². The highest BCUT2D eigenvalue weighted by atomic mass is 79.9. The van der Waals surface area contributed by atoms with E-state index < -0.39 is 0 Å². The van der Waals surface area contributed by atoms with Crippen molar-refractivity contribution in [1.29, 1.82) is 0 Å². The van der Waals surface area contributed by atoms with Gasteiger partial charge in [0.2, 0.25) is 5.89 Å². The van der Waals surface area contributed by atoms with Crippen molar-refractivity contribution in [2.75, 3.05) is 0 Å². The van der Waals surface area contributed by atoms with E-state index in [0.29, 0.717) is 17.8 Å². The smallest absolute Gasteiger partial charge is 0.226 e. The van der Waals surface area contributed by atoms with Gasteiger partial charge in [0, 0.05) is 17.1 Å². The molecule has 2 aromatic heterocycles. The average molecular weight is 333 g/mol. The average Bonchev–Trinajstić information content (AvgIpc) is 3.09. The molecule has 0 radical (unpaired) electrons. The maximum absolute atomic E-state index is 5.51. The van der Waals surface area contributed by atoms with Crippen LogP contribution in [0.25, 0.3) is 11.5 Å². The van der Waals surface area contributed by atoms with Gasteiger partial charge in [0.15, 0.2) is 0 Å². The van der Waals surface area contributed by atoms with Crippen LogP contribution in [0.3, 0.4) is 0 Å². The van der Waals surface area contributed by atoms with E-state index in [1.165, 1.54) is 5.56 Å². The number of halogens is 1. The molecule has 20 heavy (non-hydrogen) atoms. The van der Waals surface area contributed by atoms with Crippen LogP contribution in [-0.2, 0) is 11.9 Å². The second kappa shape index (κ2) is 5.58. The number of hydrogen-bond donors (Lipinski definition) is 0. The summed E-state index contributed by atoms with van der Waals surface area (Å²) < 4.78 is 7.26. The van der Waals surface area contributed by atoms with Crippen molar-refractivity contribution in [2.45, 2.75) is 18.8 Å². The molecule has 0 bridgehead atoms. The minimum Gasteiger partial charge on any atom is -0.444 e. The first-order valence-electron chi connectivity index (χ1n) is 6.21. The van der Waals surface area contributed by atoms with Crippen molar-refractivity contribution in [3.8, 4) is 11.5 Å². The fourth-order valence-corrected chi connectivity index (χ4v) is 2.11. The molecule has 3 rings (SSSR count). The second-order valence-electron chi connectivity index (χ2n) is 4.55. The zero-order valence-corrected chi connectivity index (χ0v) is 12.5. The predicted molar refractivity (Wildman–Crippen MR) is 78.4 cm³/mol. The summed E-state index contributed by atoms with van der Waals surface area (Å²) in [7, 11) is 0. The van der Waals surface area contributed by atoms with Crippen LogP contribution in [0.2, 0.25) is 0 Å². The molecule has 3 aromatic rings. The Balaban J connectivity index is 1.78. The zero-order valence-electron chi connectivity index (χ0n) is 11.0. The Labute approximate surface area is 124 Å². The van der Waals surface area contributed by atoms with Crippen LogP contribution in [0.15, 0.2) is 41.1 Å². The van der Waals surface area contributed by atoms with Crippen LogP contribution in [0, 0.1) is 6.92 Å². The third kappa shape index (κ3) is 2.80. The van der Waals surface area contributed by atoms with E-state index in [-0.39, 0.29) is 0 Å². The van der Waals surface area contributed by atoms with Gasteiger partial charge >= 0.3 is 0 Å². The van der Waals surface area contributed by atoms with Crippen LogP contribution < -0.4 is 0 Å². The quantitative estimate of drug-likeness (QED) is 0.688. The molecule has 0 fully saturated rings. The lowest BCUT2D eigenvalue weighted by molar-refractivity contribution is 0.568. The number of hydrogen-bond acceptors (Lipinski definition) is 4. The van der Waals surface area contributed by atoms with Gasteiger partial charge in [0.05, 0.1) is 12.2 Å². The first-order chi connectivity index (χ1) is 9.74. The zero-order chi connectivity index (χ0) is 13.9. The molecule has 5 nitrogen and oxygen atoms in total. The molecule has 0 atom stereocenters. The van der Waals surface area contributed by atoms with E-state index in [2.05, 4.69) is 38.1 Å². The van der Waals surface area contributed by atoms with Gasteiger partial charge in [-0.3, -0.25) is 0 Å². The molecule has 2 heterocycles. The number of aryl methyl sites for hydroxylation is 1. The second-order valence-corrected chi connectivity index (χ2v) is 5.11. The minimum atomic E-state index is 0.551. The van der Waals surface area contributed by atoms with Gasteiger partial charge in [-0.1, -0.05) is 38.8 Å². The molecule has 6 heteroatoms. The molecule has 0 spiro atoms. The monoisotopic (exact) mass is 332 g/mol. The van der Waals surface area contributed by atoms with E-state index in [1.807, 2.05) is 30.5 Å². The van der Waals surface area contributed by atoms with Crippen molar-refractivity contribution in [2.24, 2.45) is 0 Å². The first kappa shape index (κ1) is 13.1. The molecule has 0 unspecified atom stereocenters. The lowest BCUT2D eigenvalue weighted by Gasteiger charge is -1.96. The van der Waals surface area contributed by atoms with Gasteiger partial charge in [-0.2, -0.15) is 0 Å². The van der Waals surface area contributed by atoms with Gasteiger partial charge in [0.1, 0.15) is 12.0 Å². The highest BCUT2D eigenvalue weighted by Crippen LogP contribution is 2.19. The topological polar surface area (TPSA) is 56.7 Å². The molecule has 0 amide bonds. The molecule has 0 saturated heterocycles. The largest absolute Gasteiger partial charge is 0.444 e. The van der Waals surface area contributed by atoms with Crippen molar-refractivity contribution < 1.29 is 4.42 Å². The fourth-order valence-electron chi connectivity index (χ4n) is 1.85. The normalized spacial score (nSPS) is 10.9. The van der Waals surface area contributed by atoms with Crippen molar-refractivity contribution in [3.63, 3.8) is 0 Å². The van der Waals surface area contributed by atoms with Gasteiger partial charge in [-0.15, -0.1) is 5.10 Å². The predicted octanol–water partition coefficient (Wildman–Crippen LogP) is 3.18. The summed E-state index contributed by atoms with van der Waals surface area (Å²) in [5, 5.41) is 8.74. The Kier molecular flexibility index (Phi) is 3.64. The summed E-state index contributed by atoms with van der Waals surface area (Å²) in [5.41, 5.74) is 3.91. The Hall–Kier alpha value is -1.95. The Bertz CT molecular complexity index is 702. The third-order valence-corrected chi connectivity index (χ3v) is 3.47. The Morgan fingerprint density at radius 2 is 2.00 bits per heavy atom. The number of alkyl halides is 1. The van der Waals surface area contributed by atoms with Gasteiger partial charge in [0.25, 0.3) is 0 Å². The first-order valence-corrected chi connectivity index (χ1v) is 7.33. The maximum atomic E-state index is 5.51. The standard InChI is InChI=1S/C14H13BrN4O/c1-10-2-4-11(5-3-10)14-16-13(9-20-14)8-19-7-12(6-15)17-18-19/h2-5,7,9H,6,8H2,1H3. The van der Waals surface area contributed by atoms with Crippen molar-refractivity contribution in [3.05, 3.63) is 53.7 Å². The molecular weight excluding hydrogens is 320 g/mol.